The van der Waals surface area contributed by atoms with Gasteiger partial charge in [0.05, 0.1) is 6.04 Å². The summed E-state index contributed by atoms with van der Waals surface area (Å²) in [6.07, 6.45) is 3.89. The zero-order valence-electron chi connectivity index (χ0n) is 11.5. The van der Waals surface area contributed by atoms with Crippen LogP contribution in [0, 0.1) is 5.92 Å². The van der Waals surface area contributed by atoms with E-state index in [1.54, 1.807) is 11.8 Å². The van der Waals surface area contributed by atoms with E-state index in [1.807, 2.05) is 6.26 Å². The van der Waals surface area contributed by atoms with Crippen LogP contribution in [0.15, 0.2) is 24.3 Å². The summed E-state index contributed by atoms with van der Waals surface area (Å²) in [4.78, 5) is 12.0. The fraction of sp³-hybridized carbons (Fsp3) is 0.533. The van der Waals surface area contributed by atoms with Crippen molar-refractivity contribution in [2.45, 2.75) is 30.8 Å². The minimum Gasteiger partial charge on any atom is -0.351 e. The number of amides is 1. The van der Waals surface area contributed by atoms with Crippen molar-refractivity contribution in [3.8, 4) is 0 Å². The standard InChI is InChI=1S/C15H20N2OS.ClH/c1-19-7-6-12(16)15(18)17-14-11-8-9-4-2-3-5-10(9)13(11)14;/h2-5,11-14H,6-8,16H2,1H3,(H,17,18);1H/t11?,12-,13?,14?;/m0./s1. The number of halogens is 1. The molecule has 3 nitrogen and oxygen atoms in total. The molecular formula is C15H21ClN2OS. The Morgan fingerprint density at radius 2 is 2.25 bits per heavy atom. The first kappa shape index (κ1) is 15.7. The van der Waals surface area contributed by atoms with Crippen molar-refractivity contribution in [2.24, 2.45) is 11.7 Å². The molecule has 1 saturated carbocycles. The third-order valence-corrected chi connectivity index (χ3v) is 4.96. The van der Waals surface area contributed by atoms with Crippen molar-refractivity contribution in [2.75, 3.05) is 12.0 Å². The molecule has 0 aliphatic heterocycles. The molecule has 20 heavy (non-hydrogen) atoms. The molecular weight excluding hydrogens is 292 g/mol. The number of carbonyl (C=O) groups is 1. The second kappa shape index (κ2) is 6.37. The van der Waals surface area contributed by atoms with Crippen LogP contribution in [-0.4, -0.2) is 30.0 Å². The molecule has 0 heterocycles. The highest BCUT2D eigenvalue weighted by Crippen LogP contribution is 2.56. The predicted molar refractivity (Wildman–Crippen MR) is 86.5 cm³/mol. The SMILES string of the molecule is CSCC[C@H](N)C(=O)NC1C2Cc3ccccc3C21.Cl. The zero-order valence-corrected chi connectivity index (χ0v) is 13.2. The molecule has 0 aromatic heterocycles. The number of rotatable bonds is 5. The molecule has 2 aliphatic carbocycles. The number of hydrogen-bond donors (Lipinski definition) is 2. The van der Waals surface area contributed by atoms with E-state index in [0.29, 0.717) is 17.9 Å². The molecule has 1 fully saturated rings. The summed E-state index contributed by atoms with van der Waals surface area (Å²) in [7, 11) is 0. The summed E-state index contributed by atoms with van der Waals surface area (Å²) in [6, 6.07) is 8.54. The van der Waals surface area contributed by atoms with Crippen LogP contribution < -0.4 is 11.1 Å². The van der Waals surface area contributed by atoms with Crippen LogP contribution in [0.2, 0.25) is 0 Å². The highest BCUT2D eigenvalue weighted by atomic mass is 35.5. The number of nitrogens with two attached hydrogens (primary N) is 1. The van der Waals surface area contributed by atoms with Gasteiger partial charge in [-0.3, -0.25) is 4.79 Å². The van der Waals surface area contributed by atoms with Crippen LogP contribution in [0.5, 0.6) is 0 Å². The van der Waals surface area contributed by atoms with E-state index in [4.69, 9.17) is 5.73 Å². The van der Waals surface area contributed by atoms with Crippen LogP contribution in [0.3, 0.4) is 0 Å². The quantitative estimate of drug-likeness (QED) is 0.873. The molecule has 1 aromatic carbocycles. The molecule has 3 rings (SSSR count). The van der Waals surface area contributed by atoms with E-state index in [0.717, 1.165) is 18.6 Å². The summed E-state index contributed by atoms with van der Waals surface area (Å²) in [6.45, 7) is 0. The first-order valence-electron chi connectivity index (χ1n) is 6.85. The molecule has 0 saturated heterocycles. The van der Waals surface area contributed by atoms with E-state index in [9.17, 15) is 4.79 Å². The van der Waals surface area contributed by atoms with Gasteiger partial charge in [0.15, 0.2) is 0 Å². The van der Waals surface area contributed by atoms with Crippen molar-refractivity contribution in [3.63, 3.8) is 0 Å². The maximum absolute atomic E-state index is 12.0. The smallest absolute Gasteiger partial charge is 0.237 e. The molecule has 4 atom stereocenters. The molecule has 110 valence electrons. The van der Waals surface area contributed by atoms with Gasteiger partial charge in [-0.05, 0) is 41.9 Å². The monoisotopic (exact) mass is 312 g/mol. The fourth-order valence-corrected chi connectivity index (χ4v) is 3.68. The van der Waals surface area contributed by atoms with Gasteiger partial charge in [0.1, 0.15) is 0 Å². The van der Waals surface area contributed by atoms with E-state index in [1.165, 1.54) is 11.1 Å². The molecule has 3 N–H and O–H groups in total. The average Bonchev–Trinajstić information content (AvgIpc) is 2.94. The first-order chi connectivity index (χ1) is 9.22. The minimum atomic E-state index is -0.357. The van der Waals surface area contributed by atoms with Gasteiger partial charge in [0.2, 0.25) is 5.91 Å². The highest BCUT2D eigenvalue weighted by Gasteiger charge is 2.56. The topological polar surface area (TPSA) is 55.1 Å². The van der Waals surface area contributed by atoms with Crippen LogP contribution in [0.4, 0.5) is 0 Å². The summed E-state index contributed by atoms with van der Waals surface area (Å²) < 4.78 is 0. The lowest BCUT2D eigenvalue weighted by atomic mass is 10.0. The van der Waals surface area contributed by atoms with Gasteiger partial charge in [-0.15, -0.1) is 12.4 Å². The van der Waals surface area contributed by atoms with Gasteiger partial charge in [-0.1, -0.05) is 24.3 Å². The summed E-state index contributed by atoms with van der Waals surface area (Å²) in [5, 5.41) is 3.13. The Bertz CT molecular complexity index is 497. The van der Waals surface area contributed by atoms with Gasteiger partial charge >= 0.3 is 0 Å². The number of nitrogens with one attached hydrogen (secondary N) is 1. The summed E-state index contributed by atoms with van der Waals surface area (Å²) >= 11 is 1.73. The van der Waals surface area contributed by atoms with Crippen molar-refractivity contribution in [1.82, 2.24) is 5.32 Å². The Balaban J connectivity index is 0.00000147. The van der Waals surface area contributed by atoms with Crippen molar-refractivity contribution >= 4 is 30.1 Å². The van der Waals surface area contributed by atoms with E-state index in [-0.39, 0.29) is 24.4 Å². The molecule has 3 unspecified atom stereocenters. The Kier molecular flexibility index (Phi) is 4.99. The Hall–Kier alpha value is -0.710. The van der Waals surface area contributed by atoms with Crippen molar-refractivity contribution < 1.29 is 4.79 Å². The van der Waals surface area contributed by atoms with Crippen molar-refractivity contribution in [3.05, 3.63) is 35.4 Å². The molecule has 1 amide bonds. The second-order valence-corrected chi connectivity index (χ2v) is 6.50. The normalized spacial score (nSPS) is 27.0. The van der Waals surface area contributed by atoms with Crippen LogP contribution in [0.25, 0.3) is 0 Å². The van der Waals surface area contributed by atoms with Crippen LogP contribution in [0.1, 0.15) is 23.5 Å². The average molecular weight is 313 g/mol. The molecule has 2 aliphatic rings. The maximum atomic E-state index is 12.0. The molecule has 0 spiro atoms. The largest absolute Gasteiger partial charge is 0.351 e. The molecule has 0 radical (unpaired) electrons. The van der Waals surface area contributed by atoms with Gasteiger partial charge < -0.3 is 11.1 Å². The lowest BCUT2D eigenvalue weighted by Crippen LogP contribution is -2.43. The lowest BCUT2D eigenvalue weighted by Gasteiger charge is -2.13. The van der Waals surface area contributed by atoms with Gasteiger partial charge in [-0.25, -0.2) is 0 Å². The Morgan fingerprint density at radius 1 is 1.50 bits per heavy atom. The van der Waals surface area contributed by atoms with E-state index >= 15 is 0 Å². The maximum Gasteiger partial charge on any atom is 0.237 e. The number of hydrogen-bond acceptors (Lipinski definition) is 3. The molecule has 5 heteroatoms. The number of benzene rings is 1. The van der Waals surface area contributed by atoms with Gasteiger partial charge in [0.25, 0.3) is 0 Å². The first-order valence-corrected chi connectivity index (χ1v) is 8.24. The zero-order chi connectivity index (χ0) is 13.4. The number of thioether (sulfide) groups is 1. The minimum absolute atomic E-state index is 0. The number of fused-ring (bicyclic) bond motifs is 3. The van der Waals surface area contributed by atoms with Gasteiger partial charge in [0, 0.05) is 12.0 Å². The Labute approximate surface area is 130 Å². The van der Waals surface area contributed by atoms with Crippen LogP contribution >= 0.6 is 24.2 Å². The predicted octanol–water partition coefficient (Wildman–Crippen LogP) is 1.94. The van der Waals surface area contributed by atoms with E-state index in [2.05, 4.69) is 29.6 Å². The van der Waals surface area contributed by atoms with Crippen LogP contribution in [-0.2, 0) is 11.2 Å². The fourth-order valence-electron chi connectivity index (χ4n) is 3.20. The summed E-state index contributed by atoms with van der Waals surface area (Å²) in [5.74, 6) is 2.10. The van der Waals surface area contributed by atoms with Crippen molar-refractivity contribution in [1.29, 1.82) is 0 Å². The molecule has 0 bridgehead atoms. The van der Waals surface area contributed by atoms with E-state index < -0.39 is 0 Å². The van der Waals surface area contributed by atoms with Gasteiger partial charge in [-0.2, -0.15) is 11.8 Å². The number of carbonyl (C=O) groups excluding carboxylic acids is 1. The lowest BCUT2D eigenvalue weighted by molar-refractivity contribution is -0.122. The third kappa shape index (κ3) is 2.83. The second-order valence-electron chi connectivity index (χ2n) is 5.51. The third-order valence-electron chi connectivity index (χ3n) is 4.32. The Morgan fingerprint density at radius 3 is 3.00 bits per heavy atom. The highest BCUT2D eigenvalue weighted by molar-refractivity contribution is 7.98. The molecule has 1 aromatic rings. The summed E-state index contributed by atoms with van der Waals surface area (Å²) in [5.41, 5.74) is 8.78.